The first kappa shape index (κ1) is 12.2. The molecule has 1 N–H and O–H groups in total. The average molecular weight is 206 g/mol. The van der Waals surface area contributed by atoms with Crippen LogP contribution in [0, 0.1) is 5.92 Å². The van der Waals surface area contributed by atoms with E-state index in [4.69, 9.17) is 0 Å². The molecule has 0 aliphatic rings. The molecule has 2 unspecified atom stereocenters. The Morgan fingerprint density at radius 1 is 1.47 bits per heavy atom. The van der Waals surface area contributed by atoms with Crippen molar-refractivity contribution in [3.05, 3.63) is 30.1 Å². The Kier molecular flexibility index (Phi) is 5.33. The van der Waals surface area contributed by atoms with E-state index in [1.54, 1.807) is 0 Å². The quantitative estimate of drug-likeness (QED) is 0.774. The molecular formula is C13H22N2. The standard InChI is InChI=1S/C13H22N2/c1-4-11(2)13(14-3)8-7-12-6-5-9-15-10-12/h5-6,9-11,13-14H,4,7-8H2,1-3H3. The molecule has 0 spiro atoms. The average Bonchev–Trinajstić information content (AvgIpc) is 2.31. The molecule has 1 aromatic heterocycles. The van der Waals surface area contributed by atoms with Gasteiger partial charge in [-0.1, -0.05) is 26.3 Å². The molecule has 0 amide bonds. The van der Waals surface area contributed by atoms with Crippen molar-refractivity contribution in [2.75, 3.05) is 7.05 Å². The highest BCUT2D eigenvalue weighted by Gasteiger charge is 2.12. The predicted octanol–water partition coefficient (Wildman–Crippen LogP) is 2.65. The molecule has 2 nitrogen and oxygen atoms in total. The van der Waals surface area contributed by atoms with Crippen LogP contribution in [0.25, 0.3) is 0 Å². The van der Waals surface area contributed by atoms with Crippen LogP contribution in [0.4, 0.5) is 0 Å². The van der Waals surface area contributed by atoms with E-state index in [0.717, 1.165) is 12.3 Å². The van der Waals surface area contributed by atoms with Gasteiger partial charge in [0.1, 0.15) is 0 Å². The third kappa shape index (κ3) is 4.00. The van der Waals surface area contributed by atoms with Crippen LogP contribution in [0.15, 0.2) is 24.5 Å². The Morgan fingerprint density at radius 3 is 2.80 bits per heavy atom. The van der Waals surface area contributed by atoms with Gasteiger partial charge in [-0.05, 0) is 37.4 Å². The van der Waals surface area contributed by atoms with E-state index in [-0.39, 0.29) is 0 Å². The van der Waals surface area contributed by atoms with Crippen LogP contribution < -0.4 is 5.32 Å². The van der Waals surface area contributed by atoms with Crippen molar-refractivity contribution < 1.29 is 0 Å². The molecule has 0 bridgehead atoms. The zero-order valence-electron chi connectivity index (χ0n) is 10.0. The van der Waals surface area contributed by atoms with Gasteiger partial charge in [-0.3, -0.25) is 4.98 Å². The highest BCUT2D eigenvalue weighted by atomic mass is 14.9. The number of hydrogen-bond acceptors (Lipinski definition) is 2. The van der Waals surface area contributed by atoms with Gasteiger partial charge in [0.25, 0.3) is 0 Å². The minimum Gasteiger partial charge on any atom is -0.317 e. The van der Waals surface area contributed by atoms with Crippen LogP contribution in [-0.2, 0) is 6.42 Å². The van der Waals surface area contributed by atoms with E-state index in [1.807, 2.05) is 18.5 Å². The maximum atomic E-state index is 4.13. The first-order chi connectivity index (χ1) is 7.27. The normalized spacial score (nSPS) is 14.9. The second-order valence-electron chi connectivity index (χ2n) is 4.18. The molecule has 0 fully saturated rings. The molecule has 0 radical (unpaired) electrons. The summed E-state index contributed by atoms with van der Waals surface area (Å²) in [6.45, 7) is 4.56. The van der Waals surface area contributed by atoms with Crippen LogP contribution in [0.2, 0.25) is 0 Å². The lowest BCUT2D eigenvalue weighted by atomic mass is 9.94. The fourth-order valence-corrected chi connectivity index (χ4v) is 1.87. The number of nitrogens with one attached hydrogen (secondary N) is 1. The number of pyridine rings is 1. The molecule has 0 aliphatic heterocycles. The summed E-state index contributed by atoms with van der Waals surface area (Å²) >= 11 is 0. The lowest BCUT2D eigenvalue weighted by molar-refractivity contribution is 0.368. The van der Waals surface area contributed by atoms with Gasteiger partial charge in [0, 0.05) is 18.4 Å². The molecule has 84 valence electrons. The summed E-state index contributed by atoms with van der Waals surface area (Å²) in [5, 5.41) is 3.40. The minimum absolute atomic E-state index is 0.621. The summed E-state index contributed by atoms with van der Waals surface area (Å²) in [7, 11) is 2.06. The number of aromatic nitrogens is 1. The third-order valence-corrected chi connectivity index (χ3v) is 3.17. The van der Waals surface area contributed by atoms with Gasteiger partial charge < -0.3 is 5.32 Å². The molecule has 2 heteroatoms. The molecule has 1 aromatic rings. The van der Waals surface area contributed by atoms with Crippen molar-refractivity contribution in [2.24, 2.45) is 5.92 Å². The van der Waals surface area contributed by atoms with Crippen LogP contribution >= 0.6 is 0 Å². The Bertz CT molecular complexity index is 258. The second kappa shape index (κ2) is 6.57. The molecule has 2 atom stereocenters. The van der Waals surface area contributed by atoms with Crippen LogP contribution in [0.3, 0.4) is 0 Å². The fourth-order valence-electron chi connectivity index (χ4n) is 1.87. The number of aryl methyl sites for hydroxylation is 1. The van der Waals surface area contributed by atoms with Gasteiger partial charge in [-0.15, -0.1) is 0 Å². The van der Waals surface area contributed by atoms with E-state index >= 15 is 0 Å². The molecule has 0 aromatic carbocycles. The van der Waals surface area contributed by atoms with Gasteiger partial charge >= 0.3 is 0 Å². The Morgan fingerprint density at radius 2 is 2.27 bits per heavy atom. The van der Waals surface area contributed by atoms with E-state index in [9.17, 15) is 0 Å². The lowest BCUT2D eigenvalue weighted by Gasteiger charge is -2.22. The Balaban J connectivity index is 2.41. The maximum Gasteiger partial charge on any atom is 0.0299 e. The van der Waals surface area contributed by atoms with Crippen molar-refractivity contribution >= 4 is 0 Å². The van der Waals surface area contributed by atoms with Gasteiger partial charge in [-0.2, -0.15) is 0 Å². The summed E-state index contributed by atoms with van der Waals surface area (Å²) < 4.78 is 0. The summed E-state index contributed by atoms with van der Waals surface area (Å²) in [4.78, 5) is 4.13. The van der Waals surface area contributed by atoms with Gasteiger partial charge in [-0.25, -0.2) is 0 Å². The summed E-state index contributed by atoms with van der Waals surface area (Å²) in [6.07, 6.45) is 7.33. The summed E-state index contributed by atoms with van der Waals surface area (Å²) in [5.41, 5.74) is 1.33. The largest absolute Gasteiger partial charge is 0.317 e. The molecular weight excluding hydrogens is 184 g/mol. The predicted molar refractivity (Wildman–Crippen MR) is 64.9 cm³/mol. The van der Waals surface area contributed by atoms with E-state index < -0.39 is 0 Å². The highest BCUT2D eigenvalue weighted by molar-refractivity contribution is 5.08. The van der Waals surface area contributed by atoms with Crippen LogP contribution in [0.5, 0.6) is 0 Å². The van der Waals surface area contributed by atoms with Gasteiger partial charge in [0.2, 0.25) is 0 Å². The van der Waals surface area contributed by atoms with Crippen molar-refractivity contribution in [1.82, 2.24) is 10.3 Å². The third-order valence-electron chi connectivity index (χ3n) is 3.17. The molecule has 1 heterocycles. The molecule has 15 heavy (non-hydrogen) atoms. The zero-order chi connectivity index (χ0) is 11.1. The van der Waals surface area contributed by atoms with Crippen molar-refractivity contribution in [1.29, 1.82) is 0 Å². The SMILES string of the molecule is CCC(C)C(CCc1cccnc1)NC. The van der Waals surface area contributed by atoms with E-state index in [0.29, 0.717) is 6.04 Å². The monoisotopic (exact) mass is 206 g/mol. The van der Waals surface area contributed by atoms with Crippen LogP contribution in [0.1, 0.15) is 32.3 Å². The first-order valence-electron chi connectivity index (χ1n) is 5.84. The first-order valence-corrected chi connectivity index (χ1v) is 5.84. The van der Waals surface area contributed by atoms with Crippen LogP contribution in [-0.4, -0.2) is 18.1 Å². The number of rotatable bonds is 6. The van der Waals surface area contributed by atoms with Crippen molar-refractivity contribution in [2.45, 2.75) is 39.2 Å². The van der Waals surface area contributed by atoms with Crippen molar-refractivity contribution in [3.63, 3.8) is 0 Å². The fraction of sp³-hybridized carbons (Fsp3) is 0.615. The Hall–Kier alpha value is -0.890. The van der Waals surface area contributed by atoms with E-state index in [2.05, 4.69) is 37.3 Å². The van der Waals surface area contributed by atoms with Gasteiger partial charge in [0.15, 0.2) is 0 Å². The van der Waals surface area contributed by atoms with E-state index in [1.165, 1.54) is 18.4 Å². The minimum atomic E-state index is 0.621. The second-order valence-corrected chi connectivity index (χ2v) is 4.18. The Labute approximate surface area is 93.1 Å². The lowest BCUT2D eigenvalue weighted by Crippen LogP contribution is -2.32. The number of hydrogen-bond donors (Lipinski definition) is 1. The highest BCUT2D eigenvalue weighted by Crippen LogP contribution is 2.13. The molecule has 0 saturated heterocycles. The molecule has 0 aliphatic carbocycles. The summed E-state index contributed by atoms with van der Waals surface area (Å²) in [5.74, 6) is 0.742. The molecule has 1 rings (SSSR count). The zero-order valence-corrected chi connectivity index (χ0v) is 10.0. The smallest absolute Gasteiger partial charge is 0.0299 e. The maximum absolute atomic E-state index is 4.13. The molecule has 0 saturated carbocycles. The van der Waals surface area contributed by atoms with Gasteiger partial charge in [0.05, 0.1) is 0 Å². The number of nitrogens with zero attached hydrogens (tertiary/aromatic N) is 1. The van der Waals surface area contributed by atoms with Crippen molar-refractivity contribution in [3.8, 4) is 0 Å². The topological polar surface area (TPSA) is 24.9 Å². The summed E-state index contributed by atoms with van der Waals surface area (Å²) in [6, 6.07) is 4.78.